The Morgan fingerprint density at radius 2 is 2.07 bits per heavy atom. The molecule has 3 aromatic rings. The first kappa shape index (κ1) is 17.4. The van der Waals surface area contributed by atoms with E-state index in [1.165, 1.54) is 16.6 Å². The molecule has 0 fully saturated rings. The van der Waals surface area contributed by atoms with Gasteiger partial charge in [0, 0.05) is 42.7 Å². The van der Waals surface area contributed by atoms with Gasteiger partial charge in [-0.05, 0) is 35.4 Å². The van der Waals surface area contributed by atoms with Crippen LogP contribution in [0.3, 0.4) is 0 Å². The number of benzene rings is 2. The van der Waals surface area contributed by atoms with Gasteiger partial charge >= 0.3 is 0 Å². The molecule has 27 heavy (non-hydrogen) atoms. The number of hydrogen-bond donors (Lipinski definition) is 1. The molecule has 1 aromatic heterocycles. The Balaban J connectivity index is 1.94. The highest BCUT2D eigenvalue weighted by Gasteiger charge is 2.16. The number of aromatic nitrogens is 1. The first-order valence-electron chi connectivity index (χ1n) is 9.06. The molecule has 2 aromatic carbocycles. The third kappa shape index (κ3) is 3.34. The second kappa shape index (κ2) is 7.29. The summed E-state index contributed by atoms with van der Waals surface area (Å²) < 4.78 is 7.70. The van der Waals surface area contributed by atoms with Crippen LogP contribution in [0.4, 0.5) is 0 Å². The van der Waals surface area contributed by atoms with Crippen molar-refractivity contribution in [1.29, 1.82) is 0 Å². The molecule has 1 aliphatic rings. The summed E-state index contributed by atoms with van der Waals surface area (Å²) in [7, 11) is 1.60. The Bertz CT molecular complexity index is 1030. The van der Waals surface area contributed by atoms with Crippen molar-refractivity contribution in [3.63, 3.8) is 0 Å². The average molecular weight is 361 g/mol. The van der Waals surface area contributed by atoms with Gasteiger partial charge in [-0.15, -0.1) is 0 Å². The second-order valence-electron chi connectivity index (χ2n) is 6.64. The lowest BCUT2D eigenvalue weighted by molar-refractivity contribution is -0.297. The number of rotatable bonds is 4. The standard InChI is InChI=1S/C22H22N2O3/c1-27-18-6-7-19(15(14-18)5-8-21(25)26)20-4-2-3-16-13-17-9-10-23-11-12-24(17)22(16)20/h2-8,13-14,23H,9-12H2,1H3,(H,25,26)/p-1/b8-5+. The van der Waals surface area contributed by atoms with Gasteiger partial charge in [0.15, 0.2) is 0 Å². The zero-order valence-electron chi connectivity index (χ0n) is 15.2. The number of nitrogens with zero attached hydrogens (tertiary/aromatic N) is 1. The minimum absolute atomic E-state index is 0.683. The van der Waals surface area contributed by atoms with Gasteiger partial charge in [0.25, 0.3) is 0 Å². The van der Waals surface area contributed by atoms with Crippen molar-refractivity contribution in [3.8, 4) is 16.9 Å². The lowest BCUT2D eigenvalue weighted by Gasteiger charge is -2.14. The van der Waals surface area contributed by atoms with E-state index in [-0.39, 0.29) is 0 Å². The Morgan fingerprint density at radius 3 is 2.89 bits per heavy atom. The molecule has 4 rings (SSSR count). The van der Waals surface area contributed by atoms with Gasteiger partial charge in [-0.1, -0.05) is 30.3 Å². The van der Waals surface area contributed by atoms with Gasteiger partial charge in [-0.25, -0.2) is 0 Å². The Kier molecular flexibility index (Phi) is 4.69. The normalized spacial score (nSPS) is 14.3. The van der Waals surface area contributed by atoms with Crippen molar-refractivity contribution in [2.75, 3.05) is 20.2 Å². The van der Waals surface area contributed by atoms with Gasteiger partial charge in [0.05, 0.1) is 18.6 Å². The molecule has 0 atom stereocenters. The van der Waals surface area contributed by atoms with Gasteiger partial charge in [0.1, 0.15) is 5.75 Å². The van der Waals surface area contributed by atoms with E-state index in [9.17, 15) is 9.90 Å². The summed E-state index contributed by atoms with van der Waals surface area (Å²) in [5.74, 6) is -0.535. The minimum atomic E-state index is -1.22. The highest BCUT2D eigenvalue weighted by molar-refractivity contribution is 5.98. The van der Waals surface area contributed by atoms with Crippen molar-refractivity contribution in [1.82, 2.24) is 9.88 Å². The van der Waals surface area contributed by atoms with Gasteiger partial charge in [0.2, 0.25) is 0 Å². The molecule has 1 aliphatic heterocycles. The lowest BCUT2D eigenvalue weighted by atomic mass is 9.97. The number of fused-ring (bicyclic) bond motifs is 3. The fourth-order valence-electron chi connectivity index (χ4n) is 3.80. The average Bonchev–Trinajstić information content (AvgIpc) is 2.87. The van der Waals surface area contributed by atoms with Crippen molar-refractivity contribution < 1.29 is 14.6 Å². The first-order valence-corrected chi connectivity index (χ1v) is 9.06. The highest BCUT2D eigenvalue weighted by atomic mass is 16.5. The number of carbonyl (C=O) groups excluding carboxylic acids is 1. The maximum atomic E-state index is 10.9. The van der Waals surface area contributed by atoms with E-state index in [2.05, 4.69) is 28.1 Å². The van der Waals surface area contributed by atoms with E-state index in [0.717, 1.165) is 48.8 Å². The summed E-state index contributed by atoms with van der Waals surface area (Å²) in [5.41, 5.74) is 5.35. The molecule has 0 aliphatic carbocycles. The third-order valence-electron chi connectivity index (χ3n) is 5.02. The van der Waals surface area contributed by atoms with Crippen LogP contribution in [0, 0.1) is 0 Å². The maximum absolute atomic E-state index is 10.9. The Labute approximate surface area is 157 Å². The van der Waals surface area contributed by atoms with E-state index in [4.69, 9.17) is 4.74 Å². The number of carbonyl (C=O) groups is 1. The van der Waals surface area contributed by atoms with Crippen molar-refractivity contribution in [2.24, 2.45) is 0 Å². The van der Waals surface area contributed by atoms with Crippen molar-refractivity contribution in [2.45, 2.75) is 13.0 Å². The van der Waals surface area contributed by atoms with E-state index in [1.54, 1.807) is 13.2 Å². The molecule has 0 spiro atoms. The molecule has 0 saturated heterocycles. The number of methoxy groups -OCH3 is 1. The largest absolute Gasteiger partial charge is 0.545 e. The number of carboxylic acids is 1. The van der Waals surface area contributed by atoms with E-state index < -0.39 is 5.97 Å². The summed E-state index contributed by atoms with van der Waals surface area (Å²) >= 11 is 0. The van der Waals surface area contributed by atoms with Crippen LogP contribution in [0.15, 0.2) is 48.5 Å². The predicted octanol–water partition coefficient (Wildman–Crippen LogP) is 2.23. The summed E-state index contributed by atoms with van der Waals surface area (Å²) in [4.78, 5) is 10.9. The van der Waals surface area contributed by atoms with Crippen LogP contribution in [-0.4, -0.2) is 30.7 Å². The number of hydrogen-bond acceptors (Lipinski definition) is 4. The third-order valence-corrected chi connectivity index (χ3v) is 5.02. The topological polar surface area (TPSA) is 66.3 Å². The highest BCUT2D eigenvalue weighted by Crippen LogP contribution is 2.35. The van der Waals surface area contributed by atoms with Crippen molar-refractivity contribution in [3.05, 3.63) is 59.8 Å². The molecule has 138 valence electrons. The van der Waals surface area contributed by atoms with E-state index >= 15 is 0 Å². The van der Waals surface area contributed by atoms with E-state index in [1.807, 2.05) is 24.3 Å². The zero-order valence-corrected chi connectivity index (χ0v) is 15.2. The first-order chi connectivity index (χ1) is 13.2. The lowest BCUT2D eigenvalue weighted by Crippen LogP contribution is -2.18. The predicted molar refractivity (Wildman–Crippen MR) is 105 cm³/mol. The number of ether oxygens (including phenoxy) is 1. The summed E-state index contributed by atoms with van der Waals surface area (Å²) in [6.45, 7) is 2.83. The van der Waals surface area contributed by atoms with Crippen LogP contribution in [0.5, 0.6) is 5.75 Å². The summed E-state index contributed by atoms with van der Waals surface area (Å²) in [5, 5.41) is 15.6. The Hall–Kier alpha value is -3.05. The molecular formula is C22H21N2O3-. The van der Waals surface area contributed by atoms with Crippen molar-refractivity contribution >= 4 is 22.9 Å². The van der Waals surface area contributed by atoms with Gasteiger partial charge in [-0.2, -0.15) is 0 Å². The molecule has 0 bridgehead atoms. The van der Waals surface area contributed by atoms with Crippen LogP contribution in [-0.2, 0) is 17.8 Å². The fourth-order valence-corrected chi connectivity index (χ4v) is 3.80. The quantitative estimate of drug-likeness (QED) is 0.724. The molecule has 0 amide bonds. The van der Waals surface area contributed by atoms with Crippen LogP contribution in [0.25, 0.3) is 28.1 Å². The fraction of sp³-hybridized carbons (Fsp3) is 0.227. The molecule has 5 heteroatoms. The zero-order chi connectivity index (χ0) is 18.8. The maximum Gasteiger partial charge on any atom is 0.119 e. The molecule has 0 saturated carbocycles. The van der Waals surface area contributed by atoms with Crippen LogP contribution < -0.4 is 15.2 Å². The van der Waals surface area contributed by atoms with Gasteiger partial charge < -0.3 is 24.5 Å². The Morgan fingerprint density at radius 1 is 1.19 bits per heavy atom. The molecule has 1 N–H and O–H groups in total. The summed E-state index contributed by atoms with van der Waals surface area (Å²) in [6, 6.07) is 14.3. The molecule has 0 unspecified atom stereocenters. The molecule has 5 nitrogen and oxygen atoms in total. The smallest absolute Gasteiger partial charge is 0.119 e. The van der Waals surface area contributed by atoms with Crippen LogP contribution in [0.2, 0.25) is 0 Å². The molecular weight excluding hydrogens is 340 g/mol. The SMILES string of the molecule is COc1ccc(-c2cccc3cc4n(c23)CCNCC4)c(/C=C/C(=O)[O-])c1. The van der Waals surface area contributed by atoms with Crippen LogP contribution in [0.1, 0.15) is 11.3 Å². The van der Waals surface area contributed by atoms with E-state index in [0.29, 0.717) is 5.75 Å². The second-order valence-corrected chi connectivity index (χ2v) is 6.64. The van der Waals surface area contributed by atoms with Gasteiger partial charge in [-0.3, -0.25) is 0 Å². The number of para-hydroxylation sites is 1. The van der Waals surface area contributed by atoms with Crippen LogP contribution >= 0.6 is 0 Å². The summed E-state index contributed by atoms with van der Waals surface area (Å²) in [6.07, 6.45) is 3.62. The number of nitrogens with one attached hydrogen (secondary N) is 1. The molecule has 2 heterocycles. The minimum Gasteiger partial charge on any atom is -0.545 e. The number of carboxylic acid groups (broad SMARTS) is 1. The monoisotopic (exact) mass is 361 g/mol. The molecule has 0 radical (unpaired) electrons. The number of aliphatic carboxylic acids is 1.